The summed E-state index contributed by atoms with van der Waals surface area (Å²) in [4.78, 5) is 30.5. The number of nitrogens with one attached hydrogen (secondary N) is 1. The Morgan fingerprint density at radius 3 is 2.54 bits per heavy atom. The van der Waals surface area contributed by atoms with Crippen LogP contribution in [-0.2, 0) is 4.79 Å². The summed E-state index contributed by atoms with van der Waals surface area (Å²) in [5.41, 5.74) is 1.65. The van der Waals surface area contributed by atoms with Crippen molar-refractivity contribution in [3.63, 3.8) is 0 Å². The van der Waals surface area contributed by atoms with Crippen molar-refractivity contribution in [2.75, 3.05) is 0 Å². The molecule has 6 heteroatoms. The predicted molar refractivity (Wildman–Crippen MR) is 94.0 cm³/mol. The molecule has 0 aliphatic heterocycles. The van der Waals surface area contributed by atoms with E-state index in [-0.39, 0.29) is 17.9 Å². The zero-order chi connectivity index (χ0) is 17.3. The minimum Gasteiger partial charge on any atom is -0.352 e. The maximum atomic E-state index is 12.4. The molecule has 1 N–H and O–H groups in total. The minimum atomic E-state index is -0.389. The Kier molecular flexibility index (Phi) is 4.66. The number of hydrogen-bond donors (Lipinski definition) is 1. The summed E-state index contributed by atoms with van der Waals surface area (Å²) < 4.78 is 1.78. The van der Waals surface area contributed by atoms with Gasteiger partial charge in [-0.3, -0.25) is 9.59 Å². The zero-order valence-electron chi connectivity index (χ0n) is 14.1. The first kappa shape index (κ1) is 16.6. The smallest absolute Gasteiger partial charge is 0.279 e. The highest BCUT2D eigenvalue weighted by molar-refractivity contribution is 7.09. The van der Waals surface area contributed by atoms with E-state index < -0.39 is 0 Å². The molecule has 0 bridgehead atoms. The van der Waals surface area contributed by atoms with Crippen molar-refractivity contribution in [1.29, 1.82) is 0 Å². The molecule has 1 aromatic heterocycles. The van der Waals surface area contributed by atoms with Gasteiger partial charge in [-0.25, -0.2) is 0 Å². The second-order valence-electron chi connectivity index (χ2n) is 6.27. The van der Waals surface area contributed by atoms with E-state index in [1.807, 2.05) is 39.1 Å². The molecule has 1 aromatic carbocycles. The maximum absolute atomic E-state index is 12.4. The average molecular weight is 343 g/mol. The standard InChI is InChI=1S/C18H21N3O2S/c1-11-4-6-14(7-5-11)17(23)20-18-21(10-12(2)24-18)13(3)16(22)19-15-8-9-15/h4-7,10,13,15H,8-9H2,1-3H3,(H,19,22)/t13-/m1/s1. The average Bonchev–Trinajstić information content (AvgIpc) is 3.28. The Hall–Kier alpha value is -2.21. The molecule has 0 radical (unpaired) electrons. The lowest BCUT2D eigenvalue weighted by atomic mass is 10.1. The Bertz CT molecular complexity index is 829. The SMILES string of the molecule is Cc1ccc(C(=O)N=c2sc(C)cn2[C@H](C)C(=O)NC2CC2)cc1. The summed E-state index contributed by atoms with van der Waals surface area (Å²) in [5, 5.41) is 3.00. The molecule has 0 spiro atoms. The number of carbonyl (C=O) groups excluding carboxylic acids is 2. The van der Waals surface area contributed by atoms with E-state index in [2.05, 4.69) is 10.3 Å². The number of aromatic nitrogens is 1. The highest BCUT2D eigenvalue weighted by Crippen LogP contribution is 2.20. The van der Waals surface area contributed by atoms with E-state index >= 15 is 0 Å². The van der Waals surface area contributed by atoms with Gasteiger partial charge in [-0.2, -0.15) is 4.99 Å². The van der Waals surface area contributed by atoms with Gasteiger partial charge in [-0.15, -0.1) is 11.3 Å². The van der Waals surface area contributed by atoms with Crippen LogP contribution >= 0.6 is 11.3 Å². The van der Waals surface area contributed by atoms with Gasteiger partial charge in [0, 0.05) is 22.7 Å². The lowest BCUT2D eigenvalue weighted by molar-refractivity contribution is -0.124. The third kappa shape index (κ3) is 3.82. The number of nitrogens with zero attached hydrogens (tertiary/aromatic N) is 2. The third-order valence-electron chi connectivity index (χ3n) is 4.01. The second kappa shape index (κ2) is 6.73. The number of rotatable bonds is 4. The Balaban J connectivity index is 1.88. The Labute approximate surface area is 145 Å². The van der Waals surface area contributed by atoms with Crippen molar-refractivity contribution in [2.24, 2.45) is 4.99 Å². The molecular formula is C18H21N3O2S. The summed E-state index contributed by atoms with van der Waals surface area (Å²) >= 11 is 1.42. The van der Waals surface area contributed by atoms with E-state index in [0.29, 0.717) is 16.4 Å². The Morgan fingerprint density at radius 1 is 1.25 bits per heavy atom. The largest absolute Gasteiger partial charge is 0.352 e. The van der Waals surface area contributed by atoms with Crippen LogP contribution < -0.4 is 10.1 Å². The topological polar surface area (TPSA) is 63.5 Å². The van der Waals surface area contributed by atoms with E-state index in [1.165, 1.54) is 11.3 Å². The molecule has 5 nitrogen and oxygen atoms in total. The molecular weight excluding hydrogens is 322 g/mol. The van der Waals surface area contributed by atoms with Crippen LogP contribution in [-0.4, -0.2) is 22.4 Å². The van der Waals surface area contributed by atoms with Crippen LogP contribution in [0.2, 0.25) is 0 Å². The van der Waals surface area contributed by atoms with Gasteiger partial charge in [0.2, 0.25) is 5.91 Å². The summed E-state index contributed by atoms with van der Waals surface area (Å²) in [6.45, 7) is 5.75. The van der Waals surface area contributed by atoms with Crippen molar-refractivity contribution >= 4 is 23.2 Å². The molecule has 3 rings (SSSR count). The van der Waals surface area contributed by atoms with Gasteiger partial charge in [-0.05, 0) is 45.7 Å². The fourth-order valence-corrected chi connectivity index (χ4v) is 3.25. The first-order valence-corrected chi connectivity index (χ1v) is 8.90. The van der Waals surface area contributed by atoms with E-state index in [9.17, 15) is 9.59 Å². The normalized spacial score (nSPS) is 16.0. The molecule has 1 atom stereocenters. The van der Waals surface area contributed by atoms with Crippen molar-refractivity contribution < 1.29 is 9.59 Å². The number of aryl methyl sites for hydroxylation is 2. The van der Waals surface area contributed by atoms with Gasteiger partial charge in [0.05, 0.1) is 0 Å². The monoisotopic (exact) mass is 343 g/mol. The number of carbonyl (C=O) groups is 2. The first-order chi connectivity index (χ1) is 11.4. The highest BCUT2D eigenvalue weighted by atomic mass is 32.1. The molecule has 2 amide bonds. The van der Waals surface area contributed by atoms with Gasteiger partial charge in [0.1, 0.15) is 6.04 Å². The van der Waals surface area contributed by atoms with Crippen molar-refractivity contribution in [3.05, 3.63) is 51.3 Å². The van der Waals surface area contributed by atoms with Crippen LogP contribution in [0.15, 0.2) is 35.5 Å². The van der Waals surface area contributed by atoms with Gasteiger partial charge in [0.15, 0.2) is 4.80 Å². The number of thiazole rings is 1. The first-order valence-electron chi connectivity index (χ1n) is 8.08. The van der Waals surface area contributed by atoms with E-state index in [1.54, 1.807) is 16.7 Å². The summed E-state index contributed by atoms with van der Waals surface area (Å²) in [6, 6.07) is 7.25. The summed E-state index contributed by atoms with van der Waals surface area (Å²) in [7, 11) is 0. The van der Waals surface area contributed by atoms with Crippen LogP contribution in [0.25, 0.3) is 0 Å². The summed E-state index contributed by atoms with van der Waals surface area (Å²) in [6.07, 6.45) is 3.98. The van der Waals surface area contributed by atoms with Crippen LogP contribution in [0.1, 0.15) is 46.6 Å². The fraction of sp³-hybridized carbons (Fsp3) is 0.389. The van der Waals surface area contributed by atoms with Crippen LogP contribution in [0, 0.1) is 13.8 Å². The molecule has 24 heavy (non-hydrogen) atoms. The quantitative estimate of drug-likeness (QED) is 0.928. The van der Waals surface area contributed by atoms with Crippen LogP contribution in [0.5, 0.6) is 0 Å². The molecule has 1 saturated carbocycles. The number of hydrogen-bond acceptors (Lipinski definition) is 3. The van der Waals surface area contributed by atoms with Crippen LogP contribution in [0.3, 0.4) is 0 Å². The fourth-order valence-electron chi connectivity index (χ4n) is 2.36. The van der Waals surface area contributed by atoms with Gasteiger partial charge < -0.3 is 9.88 Å². The zero-order valence-corrected chi connectivity index (χ0v) is 14.9. The molecule has 1 aliphatic carbocycles. The second-order valence-corrected chi connectivity index (χ2v) is 7.49. The molecule has 0 unspecified atom stereocenters. The maximum Gasteiger partial charge on any atom is 0.279 e. The lowest BCUT2D eigenvalue weighted by Gasteiger charge is -2.13. The lowest BCUT2D eigenvalue weighted by Crippen LogP contribution is -2.35. The van der Waals surface area contributed by atoms with Gasteiger partial charge >= 0.3 is 0 Å². The van der Waals surface area contributed by atoms with Gasteiger partial charge in [-0.1, -0.05) is 17.7 Å². The van der Waals surface area contributed by atoms with Crippen molar-refractivity contribution in [2.45, 2.75) is 45.7 Å². The molecule has 1 heterocycles. The Morgan fingerprint density at radius 2 is 1.92 bits per heavy atom. The summed E-state index contributed by atoms with van der Waals surface area (Å²) in [5.74, 6) is -0.320. The minimum absolute atomic E-state index is 0.0282. The predicted octanol–water partition coefficient (Wildman–Crippen LogP) is 2.75. The molecule has 1 fully saturated rings. The van der Waals surface area contributed by atoms with Gasteiger partial charge in [0.25, 0.3) is 5.91 Å². The molecule has 1 aliphatic rings. The van der Waals surface area contributed by atoms with E-state index in [4.69, 9.17) is 0 Å². The van der Waals surface area contributed by atoms with Crippen molar-refractivity contribution in [1.82, 2.24) is 9.88 Å². The number of amides is 2. The highest BCUT2D eigenvalue weighted by Gasteiger charge is 2.26. The van der Waals surface area contributed by atoms with Crippen LogP contribution in [0.4, 0.5) is 0 Å². The van der Waals surface area contributed by atoms with E-state index in [0.717, 1.165) is 23.3 Å². The molecule has 0 saturated heterocycles. The third-order valence-corrected chi connectivity index (χ3v) is 4.92. The number of benzene rings is 1. The van der Waals surface area contributed by atoms with Crippen molar-refractivity contribution in [3.8, 4) is 0 Å². The molecule has 126 valence electrons. The molecule has 2 aromatic rings.